The third kappa shape index (κ3) is 5.97. The van der Waals surface area contributed by atoms with Crippen molar-refractivity contribution in [2.24, 2.45) is 5.10 Å². The molecule has 0 bridgehead atoms. The Kier molecular flexibility index (Phi) is 8.52. The van der Waals surface area contributed by atoms with E-state index < -0.39 is 6.04 Å². The van der Waals surface area contributed by atoms with E-state index in [1.165, 1.54) is 15.8 Å². The van der Waals surface area contributed by atoms with Crippen LogP contribution in [0.5, 0.6) is 23.0 Å². The summed E-state index contributed by atoms with van der Waals surface area (Å²) in [6, 6.07) is 23.1. The molecule has 3 aromatic carbocycles. The molecule has 0 spiro atoms. The maximum atomic E-state index is 13.8. The summed E-state index contributed by atoms with van der Waals surface area (Å²) in [6.07, 6.45) is 0.460. The third-order valence-electron chi connectivity index (χ3n) is 6.99. The predicted molar refractivity (Wildman–Crippen MR) is 158 cm³/mol. The molecule has 1 aliphatic rings. The van der Waals surface area contributed by atoms with E-state index in [0.717, 1.165) is 33.9 Å². The minimum absolute atomic E-state index is 0.285. The first kappa shape index (κ1) is 28.4. The van der Waals surface area contributed by atoms with Gasteiger partial charge in [0.15, 0.2) is 11.5 Å². The van der Waals surface area contributed by atoms with Crippen LogP contribution in [-0.4, -0.2) is 54.3 Å². The molecule has 2 heterocycles. The smallest absolute Gasteiger partial charge is 0.267 e. The second kappa shape index (κ2) is 12.6. The highest BCUT2D eigenvalue weighted by molar-refractivity contribution is 6.03. The quantitative estimate of drug-likeness (QED) is 0.273. The number of aromatic nitrogens is 2. The van der Waals surface area contributed by atoms with Gasteiger partial charge in [0.2, 0.25) is 0 Å². The Morgan fingerprint density at radius 2 is 1.52 bits per heavy atom. The lowest BCUT2D eigenvalue weighted by Gasteiger charge is -2.23. The summed E-state index contributed by atoms with van der Waals surface area (Å²) in [5.41, 5.74) is 3.38. The Bertz CT molecular complexity index is 1650. The van der Waals surface area contributed by atoms with Gasteiger partial charge >= 0.3 is 0 Å². The van der Waals surface area contributed by atoms with E-state index in [0.29, 0.717) is 30.2 Å². The molecular weight excluding hydrogens is 536 g/mol. The molecule has 0 N–H and O–H groups in total. The van der Waals surface area contributed by atoms with Crippen LogP contribution in [0, 0.1) is 0 Å². The zero-order valence-electron chi connectivity index (χ0n) is 23.9. The van der Waals surface area contributed by atoms with Crippen molar-refractivity contribution in [3.8, 4) is 34.3 Å². The van der Waals surface area contributed by atoms with Crippen LogP contribution < -0.4 is 24.5 Å². The molecule has 216 valence electrons. The highest BCUT2D eigenvalue weighted by Gasteiger charge is 2.34. The van der Waals surface area contributed by atoms with Gasteiger partial charge < -0.3 is 18.9 Å². The Morgan fingerprint density at radius 3 is 2.19 bits per heavy atom. The molecule has 10 nitrogen and oxygen atoms in total. The van der Waals surface area contributed by atoms with Crippen molar-refractivity contribution in [1.29, 1.82) is 0 Å². The second-order valence-electron chi connectivity index (χ2n) is 9.52. The summed E-state index contributed by atoms with van der Waals surface area (Å²) in [5.74, 6) is 2.21. The zero-order valence-corrected chi connectivity index (χ0v) is 23.9. The molecule has 1 atom stereocenters. The van der Waals surface area contributed by atoms with Crippen molar-refractivity contribution in [3.63, 3.8) is 0 Å². The van der Waals surface area contributed by atoms with Gasteiger partial charge in [-0.3, -0.25) is 9.59 Å². The highest BCUT2D eigenvalue weighted by Crippen LogP contribution is 2.37. The second-order valence-corrected chi connectivity index (χ2v) is 9.52. The minimum atomic E-state index is -0.431. The summed E-state index contributed by atoms with van der Waals surface area (Å²) in [7, 11) is 4.74. The van der Waals surface area contributed by atoms with Gasteiger partial charge in [-0.25, -0.2) is 9.69 Å². The van der Waals surface area contributed by atoms with Crippen LogP contribution >= 0.6 is 0 Å². The molecule has 0 aliphatic carbocycles. The average molecular weight is 569 g/mol. The number of carbonyl (C=O) groups excluding carboxylic acids is 1. The molecule has 10 heteroatoms. The lowest BCUT2D eigenvalue weighted by atomic mass is 9.98. The third-order valence-corrected chi connectivity index (χ3v) is 6.99. The van der Waals surface area contributed by atoms with Crippen LogP contribution in [-0.2, 0) is 11.3 Å². The zero-order chi connectivity index (χ0) is 29.6. The molecule has 42 heavy (non-hydrogen) atoms. The first-order valence-electron chi connectivity index (χ1n) is 13.5. The molecule has 0 radical (unpaired) electrons. The Labute approximate surface area is 243 Å². The summed E-state index contributed by atoms with van der Waals surface area (Å²) < 4.78 is 22.9. The molecule has 1 aromatic heterocycles. The average Bonchev–Trinajstić information content (AvgIpc) is 3.48. The van der Waals surface area contributed by atoms with Crippen LogP contribution in [0.2, 0.25) is 0 Å². The van der Waals surface area contributed by atoms with E-state index in [2.05, 4.69) is 5.10 Å². The van der Waals surface area contributed by atoms with Gasteiger partial charge in [0.1, 0.15) is 18.0 Å². The molecule has 4 aromatic rings. The molecular formula is C32H32N4O6. The Balaban J connectivity index is 1.46. The van der Waals surface area contributed by atoms with Crippen LogP contribution in [0.4, 0.5) is 0 Å². The lowest BCUT2D eigenvalue weighted by molar-refractivity contribution is -0.133. The molecule has 0 saturated heterocycles. The number of methoxy groups -OCH3 is 3. The predicted octanol–water partition coefficient (Wildman–Crippen LogP) is 4.71. The fraction of sp³-hybridized carbons (Fsp3) is 0.250. The lowest BCUT2D eigenvalue weighted by Crippen LogP contribution is -2.35. The first-order valence-corrected chi connectivity index (χ1v) is 13.5. The maximum Gasteiger partial charge on any atom is 0.267 e. The summed E-state index contributed by atoms with van der Waals surface area (Å²) in [6.45, 7) is 2.20. The van der Waals surface area contributed by atoms with E-state index in [-0.39, 0.29) is 18.0 Å². The maximum absolute atomic E-state index is 13.8. The number of amides is 1. The minimum Gasteiger partial charge on any atom is -0.497 e. The van der Waals surface area contributed by atoms with E-state index in [1.807, 2.05) is 67.6 Å². The van der Waals surface area contributed by atoms with Gasteiger partial charge in [0, 0.05) is 18.1 Å². The number of ether oxygens (including phenoxy) is 4. The normalized spacial score (nSPS) is 14.3. The fourth-order valence-electron chi connectivity index (χ4n) is 4.82. The Morgan fingerprint density at radius 1 is 0.833 bits per heavy atom. The van der Waals surface area contributed by atoms with Crippen LogP contribution in [0.15, 0.2) is 88.8 Å². The van der Waals surface area contributed by atoms with Gasteiger partial charge in [-0.1, -0.05) is 6.07 Å². The number of benzene rings is 3. The van der Waals surface area contributed by atoms with Gasteiger partial charge in [-0.2, -0.15) is 10.2 Å². The largest absolute Gasteiger partial charge is 0.497 e. The molecule has 5 rings (SSSR count). The monoisotopic (exact) mass is 568 g/mol. The number of nitrogens with zero attached hydrogens (tertiary/aromatic N) is 4. The number of hydrogen-bond acceptors (Lipinski definition) is 8. The first-order chi connectivity index (χ1) is 20.4. The van der Waals surface area contributed by atoms with Crippen LogP contribution in [0.3, 0.4) is 0 Å². The van der Waals surface area contributed by atoms with Gasteiger partial charge in [-0.15, -0.1) is 0 Å². The SMILES string of the molecule is CCOc1ccc(-c2ccc(=O)n(CC(=O)N3N=C(c4ccc(OC)cc4)CC3c3ccc(OC)c(OC)c3)n2)cc1. The van der Waals surface area contributed by atoms with Crippen LogP contribution in [0.1, 0.15) is 30.5 Å². The Hall–Kier alpha value is -5.12. The van der Waals surface area contributed by atoms with Crippen molar-refractivity contribution < 1.29 is 23.7 Å². The van der Waals surface area contributed by atoms with E-state index in [9.17, 15) is 9.59 Å². The summed E-state index contributed by atoms with van der Waals surface area (Å²) >= 11 is 0. The van der Waals surface area contributed by atoms with Crippen molar-refractivity contribution in [3.05, 3.63) is 100 Å². The van der Waals surface area contributed by atoms with Gasteiger partial charge in [-0.05, 0) is 84.8 Å². The van der Waals surface area contributed by atoms with Gasteiger partial charge in [0.05, 0.1) is 45.4 Å². The van der Waals surface area contributed by atoms with Gasteiger partial charge in [0.25, 0.3) is 11.5 Å². The summed E-state index contributed by atoms with van der Waals surface area (Å²) in [5, 5.41) is 10.7. The molecule has 1 aliphatic heterocycles. The molecule has 0 saturated carbocycles. The standard InChI is InChI=1S/C32H32N4O6/c1-5-42-25-13-8-21(9-14-25)26-15-17-31(37)35(33-26)20-32(38)36-28(23-10-16-29(40-3)30(18-23)41-4)19-27(34-36)22-6-11-24(39-2)12-7-22/h6-18,28H,5,19-20H2,1-4H3. The van der Waals surface area contributed by atoms with Crippen molar-refractivity contribution in [2.45, 2.75) is 25.9 Å². The topological polar surface area (TPSA) is 104 Å². The fourth-order valence-corrected chi connectivity index (χ4v) is 4.82. The van der Waals surface area contributed by atoms with E-state index >= 15 is 0 Å². The number of rotatable bonds is 10. The van der Waals surface area contributed by atoms with Crippen molar-refractivity contribution in [2.75, 3.05) is 27.9 Å². The van der Waals surface area contributed by atoms with Crippen molar-refractivity contribution >= 4 is 11.6 Å². The molecule has 1 unspecified atom stereocenters. The van der Waals surface area contributed by atoms with Crippen molar-refractivity contribution in [1.82, 2.24) is 14.8 Å². The highest BCUT2D eigenvalue weighted by atomic mass is 16.5. The van der Waals surface area contributed by atoms with E-state index in [1.54, 1.807) is 33.5 Å². The number of hydrazone groups is 1. The molecule has 1 amide bonds. The van der Waals surface area contributed by atoms with E-state index in [4.69, 9.17) is 24.0 Å². The molecule has 0 fully saturated rings. The number of carbonyl (C=O) groups is 1. The summed E-state index contributed by atoms with van der Waals surface area (Å²) in [4.78, 5) is 26.6. The number of hydrogen-bond donors (Lipinski definition) is 0. The van der Waals surface area contributed by atoms with Crippen LogP contribution in [0.25, 0.3) is 11.3 Å².